The standard InChI is InChI=1S/C23H27N3O4/c1-3-20(28)26-19(13-27)21(16-8-5-4-6-9-16)23(26)14-25(15-23)22(29)24-17-10-7-11-18(12-17)30-2/h4-12,19,21,27H,3,13-15H2,1-2H3,(H,24,29)/t19-,21-/m1/s1. The summed E-state index contributed by atoms with van der Waals surface area (Å²) in [4.78, 5) is 29.0. The predicted octanol–water partition coefficient (Wildman–Crippen LogP) is 2.68. The number of aliphatic hydroxyl groups is 1. The van der Waals surface area contributed by atoms with Crippen LogP contribution in [0.3, 0.4) is 0 Å². The van der Waals surface area contributed by atoms with Crippen molar-refractivity contribution >= 4 is 17.6 Å². The number of nitrogens with one attached hydrogen (secondary N) is 1. The highest BCUT2D eigenvalue weighted by Crippen LogP contribution is 2.54. The van der Waals surface area contributed by atoms with E-state index in [0.29, 0.717) is 30.9 Å². The number of nitrogens with zero attached hydrogens (tertiary/aromatic N) is 2. The third-order valence-electron chi connectivity index (χ3n) is 6.23. The molecule has 2 aliphatic heterocycles. The molecule has 0 aliphatic carbocycles. The monoisotopic (exact) mass is 409 g/mol. The highest BCUT2D eigenvalue weighted by Gasteiger charge is 2.67. The van der Waals surface area contributed by atoms with Crippen LogP contribution in [0.1, 0.15) is 24.8 Å². The first-order valence-corrected chi connectivity index (χ1v) is 10.2. The van der Waals surface area contributed by atoms with Gasteiger partial charge in [-0.05, 0) is 17.7 Å². The molecule has 2 heterocycles. The Morgan fingerprint density at radius 1 is 1.17 bits per heavy atom. The minimum atomic E-state index is -0.465. The maximum absolute atomic E-state index is 12.8. The highest BCUT2D eigenvalue weighted by atomic mass is 16.5. The van der Waals surface area contributed by atoms with Crippen LogP contribution < -0.4 is 10.1 Å². The van der Waals surface area contributed by atoms with Gasteiger partial charge in [-0.25, -0.2) is 4.79 Å². The molecule has 4 rings (SSSR count). The number of ether oxygens (including phenoxy) is 1. The van der Waals surface area contributed by atoms with Crippen LogP contribution in [0, 0.1) is 0 Å². The van der Waals surface area contributed by atoms with Gasteiger partial charge in [0, 0.05) is 37.2 Å². The number of carbonyl (C=O) groups excluding carboxylic acids is 2. The molecule has 2 N–H and O–H groups in total. The summed E-state index contributed by atoms with van der Waals surface area (Å²) >= 11 is 0. The van der Waals surface area contributed by atoms with Crippen molar-refractivity contribution in [2.45, 2.75) is 30.8 Å². The van der Waals surface area contributed by atoms with Gasteiger partial charge >= 0.3 is 6.03 Å². The number of rotatable bonds is 5. The second-order valence-electron chi connectivity index (χ2n) is 7.88. The quantitative estimate of drug-likeness (QED) is 0.796. The van der Waals surface area contributed by atoms with Gasteiger partial charge in [0.2, 0.25) is 5.91 Å². The van der Waals surface area contributed by atoms with Gasteiger partial charge in [0.15, 0.2) is 0 Å². The summed E-state index contributed by atoms with van der Waals surface area (Å²) in [5.74, 6) is 0.677. The van der Waals surface area contributed by atoms with E-state index in [1.54, 1.807) is 29.0 Å². The maximum atomic E-state index is 12.8. The summed E-state index contributed by atoms with van der Waals surface area (Å²) in [5.41, 5.74) is 1.28. The van der Waals surface area contributed by atoms with Crippen LogP contribution in [-0.2, 0) is 4.79 Å². The first-order valence-electron chi connectivity index (χ1n) is 10.2. The zero-order valence-corrected chi connectivity index (χ0v) is 17.2. The number of hydrogen-bond acceptors (Lipinski definition) is 4. The summed E-state index contributed by atoms with van der Waals surface area (Å²) in [6, 6.07) is 16.7. The number of benzene rings is 2. The second-order valence-corrected chi connectivity index (χ2v) is 7.88. The molecular formula is C23H27N3O4. The number of urea groups is 1. The fraction of sp³-hybridized carbons (Fsp3) is 0.391. The van der Waals surface area contributed by atoms with E-state index in [9.17, 15) is 14.7 Å². The largest absolute Gasteiger partial charge is 0.497 e. The van der Waals surface area contributed by atoms with E-state index in [-0.39, 0.29) is 30.5 Å². The van der Waals surface area contributed by atoms with E-state index in [1.807, 2.05) is 49.4 Å². The molecule has 0 bridgehead atoms. The SMILES string of the molecule is CCC(=O)N1[C@H](CO)[C@@H](c2ccccc2)C12CN(C(=O)Nc1cccc(OC)c1)C2. The zero-order valence-electron chi connectivity index (χ0n) is 17.2. The van der Waals surface area contributed by atoms with Crippen molar-refractivity contribution in [2.24, 2.45) is 0 Å². The van der Waals surface area contributed by atoms with E-state index in [4.69, 9.17) is 4.74 Å². The molecular weight excluding hydrogens is 382 g/mol. The molecule has 0 unspecified atom stereocenters. The highest BCUT2D eigenvalue weighted by molar-refractivity contribution is 5.91. The number of likely N-dealkylation sites (tertiary alicyclic amines) is 2. The third kappa shape index (κ3) is 3.19. The van der Waals surface area contributed by atoms with Crippen molar-refractivity contribution in [3.8, 4) is 5.75 Å². The van der Waals surface area contributed by atoms with Gasteiger partial charge < -0.3 is 25.0 Å². The fourth-order valence-electron chi connectivity index (χ4n) is 4.90. The van der Waals surface area contributed by atoms with Crippen molar-refractivity contribution in [3.05, 3.63) is 60.2 Å². The molecule has 2 aromatic carbocycles. The molecule has 2 atom stereocenters. The number of carbonyl (C=O) groups is 2. The molecule has 0 saturated carbocycles. The molecule has 30 heavy (non-hydrogen) atoms. The van der Waals surface area contributed by atoms with Crippen LogP contribution in [-0.4, -0.2) is 65.2 Å². The van der Waals surface area contributed by atoms with Crippen LogP contribution in [0.5, 0.6) is 5.75 Å². The van der Waals surface area contributed by atoms with E-state index in [0.717, 1.165) is 5.56 Å². The Bertz CT molecular complexity index is 927. The zero-order chi connectivity index (χ0) is 21.3. The normalized spacial score (nSPS) is 21.6. The van der Waals surface area contributed by atoms with Gasteiger partial charge in [0.05, 0.1) is 25.3 Å². The maximum Gasteiger partial charge on any atom is 0.322 e. The molecule has 7 nitrogen and oxygen atoms in total. The molecule has 2 saturated heterocycles. The lowest BCUT2D eigenvalue weighted by molar-refractivity contribution is -0.192. The van der Waals surface area contributed by atoms with Crippen molar-refractivity contribution < 1.29 is 19.4 Å². The molecule has 0 aromatic heterocycles. The average molecular weight is 409 g/mol. The van der Waals surface area contributed by atoms with Crippen LogP contribution in [0.4, 0.5) is 10.5 Å². The summed E-state index contributed by atoms with van der Waals surface area (Å²) in [6.07, 6.45) is 0.371. The number of methoxy groups -OCH3 is 1. The Morgan fingerprint density at radius 3 is 2.53 bits per heavy atom. The number of anilines is 1. The van der Waals surface area contributed by atoms with E-state index < -0.39 is 5.54 Å². The van der Waals surface area contributed by atoms with E-state index >= 15 is 0 Å². The average Bonchev–Trinajstić information content (AvgIpc) is 2.73. The lowest BCUT2D eigenvalue weighted by Gasteiger charge is -2.70. The van der Waals surface area contributed by atoms with E-state index in [1.165, 1.54) is 0 Å². The Morgan fingerprint density at radius 2 is 1.90 bits per heavy atom. The summed E-state index contributed by atoms with van der Waals surface area (Å²) in [5, 5.41) is 12.9. The van der Waals surface area contributed by atoms with Crippen LogP contribution >= 0.6 is 0 Å². The summed E-state index contributed by atoms with van der Waals surface area (Å²) in [7, 11) is 1.58. The van der Waals surface area contributed by atoms with Crippen LogP contribution in [0.2, 0.25) is 0 Å². The summed E-state index contributed by atoms with van der Waals surface area (Å²) in [6.45, 7) is 2.60. The van der Waals surface area contributed by atoms with Crippen molar-refractivity contribution in [1.29, 1.82) is 0 Å². The number of amides is 3. The molecule has 1 spiro atoms. The Kier molecular flexibility index (Phi) is 5.39. The predicted molar refractivity (Wildman–Crippen MR) is 114 cm³/mol. The topological polar surface area (TPSA) is 82.1 Å². The van der Waals surface area contributed by atoms with Gasteiger partial charge in [-0.1, -0.05) is 43.3 Å². The third-order valence-corrected chi connectivity index (χ3v) is 6.23. The van der Waals surface area contributed by atoms with Gasteiger partial charge in [-0.15, -0.1) is 0 Å². The lowest BCUT2D eigenvalue weighted by Crippen LogP contribution is -2.86. The summed E-state index contributed by atoms with van der Waals surface area (Å²) < 4.78 is 5.20. The molecule has 2 fully saturated rings. The molecule has 7 heteroatoms. The van der Waals surface area contributed by atoms with Gasteiger partial charge in [-0.2, -0.15) is 0 Å². The number of hydrogen-bond donors (Lipinski definition) is 2. The van der Waals surface area contributed by atoms with Crippen molar-refractivity contribution in [1.82, 2.24) is 9.80 Å². The molecule has 158 valence electrons. The lowest BCUT2D eigenvalue weighted by atomic mass is 9.60. The molecule has 2 aliphatic rings. The minimum Gasteiger partial charge on any atom is -0.497 e. The number of aliphatic hydroxyl groups excluding tert-OH is 1. The van der Waals surface area contributed by atoms with Gasteiger partial charge in [-0.3, -0.25) is 4.79 Å². The Labute approximate surface area is 176 Å². The van der Waals surface area contributed by atoms with Crippen LogP contribution in [0.25, 0.3) is 0 Å². The Hall–Kier alpha value is -3.06. The minimum absolute atomic E-state index is 0.0000642. The molecule has 0 radical (unpaired) electrons. The second kappa shape index (κ2) is 7.99. The smallest absolute Gasteiger partial charge is 0.322 e. The van der Waals surface area contributed by atoms with Crippen molar-refractivity contribution in [2.75, 3.05) is 32.1 Å². The Balaban J connectivity index is 1.53. The first-order chi connectivity index (χ1) is 14.5. The van der Waals surface area contributed by atoms with E-state index in [2.05, 4.69) is 5.32 Å². The van der Waals surface area contributed by atoms with Crippen LogP contribution in [0.15, 0.2) is 54.6 Å². The first kappa shape index (κ1) is 20.2. The molecule has 3 amide bonds. The van der Waals surface area contributed by atoms with Gasteiger partial charge in [0.1, 0.15) is 5.75 Å². The van der Waals surface area contributed by atoms with Crippen molar-refractivity contribution in [3.63, 3.8) is 0 Å². The van der Waals surface area contributed by atoms with Gasteiger partial charge in [0.25, 0.3) is 0 Å². The fourth-order valence-corrected chi connectivity index (χ4v) is 4.90. The molecule has 2 aromatic rings.